The molecule has 0 bridgehead atoms. The van der Waals surface area contributed by atoms with E-state index < -0.39 is 0 Å². The van der Waals surface area contributed by atoms with Gasteiger partial charge in [-0.25, -0.2) is 4.98 Å². The van der Waals surface area contributed by atoms with E-state index >= 15 is 0 Å². The molecule has 0 spiro atoms. The molecule has 2 N–H and O–H groups in total. The second-order valence-electron chi connectivity index (χ2n) is 7.33. The Kier molecular flexibility index (Phi) is 6.68. The molecule has 0 amide bonds. The summed E-state index contributed by atoms with van der Waals surface area (Å²) in [5.41, 5.74) is 6.21. The van der Waals surface area contributed by atoms with E-state index in [-0.39, 0.29) is 12.4 Å². The van der Waals surface area contributed by atoms with Gasteiger partial charge in [0, 0.05) is 50.3 Å². The van der Waals surface area contributed by atoms with Crippen LogP contribution in [0.5, 0.6) is 0 Å². The average molecular weight is 360 g/mol. The minimum Gasteiger partial charge on any atom is -0.375 e. The first-order valence-corrected chi connectivity index (χ1v) is 9.18. The highest BCUT2D eigenvalue weighted by molar-refractivity contribution is 7.15. The van der Waals surface area contributed by atoms with Crippen LogP contribution >= 0.6 is 23.7 Å². The lowest BCUT2D eigenvalue weighted by atomic mass is 9.79. The number of likely N-dealkylation sites (tertiary alicyclic amines) is 1. The zero-order valence-corrected chi connectivity index (χ0v) is 16.0. The van der Waals surface area contributed by atoms with Gasteiger partial charge in [0.1, 0.15) is 0 Å². The summed E-state index contributed by atoms with van der Waals surface area (Å²) in [5.74, 6) is 0. The standard InChI is InChI=1S/C16H29N5S.ClH/c1-16(13-21-9-7-19(2)8-10-21)3-5-20(6-4-16)12-14-11-18-15(17)22-14;/h11H,3-10,12-13H2,1-2H3,(H2,17,18);1H. The van der Waals surface area contributed by atoms with E-state index in [1.165, 1.54) is 63.5 Å². The summed E-state index contributed by atoms with van der Waals surface area (Å²) in [4.78, 5) is 13.1. The van der Waals surface area contributed by atoms with Gasteiger partial charge in [-0.05, 0) is 38.4 Å². The Morgan fingerprint density at radius 1 is 1.13 bits per heavy atom. The molecule has 5 nitrogen and oxygen atoms in total. The van der Waals surface area contributed by atoms with Gasteiger partial charge in [0.25, 0.3) is 0 Å². The molecular formula is C16H30ClN5S. The monoisotopic (exact) mass is 359 g/mol. The van der Waals surface area contributed by atoms with E-state index in [2.05, 4.69) is 33.7 Å². The highest BCUT2D eigenvalue weighted by atomic mass is 35.5. The first-order chi connectivity index (χ1) is 10.5. The number of likely N-dealkylation sites (N-methyl/N-ethyl adjacent to an activating group) is 1. The molecular weight excluding hydrogens is 330 g/mol. The Hall–Kier alpha value is -0.400. The van der Waals surface area contributed by atoms with Crippen molar-refractivity contribution in [1.82, 2.24) is 19.7 Å². The SMILES string of the molecule is CN1CCN(CC2(C)CCN(Cc3cnc(N)s3)CC2)CC1.Cl. The van der Waals surface area contributed by atoms with Gasteiger partial charge in [-0.3, -0.25) is 4.90 Å². The number of hydrogen-bond donors (Lipinski definition) is 1. The van der Waals surface area contributed by atoms with Crippen molar-refractivity contribution in [3.05, 3.63) is 11.1 Å². The van der Waals surface area contributed by atoms with Gasteiger partial charge in [0.05, 0.1) is 0 Å². The zero-order valence-electron chi connectivity index (χ0n) is 14.3. The van der Waals surface area contributed by atoms with Gasteiger partial charge in [-0.2, -0.15) is 0 Å². The molecule has 2 saturated heterocycles. The number of halogens is 1. The molecule has 3 rings (SSSR count). The topological polar surface area (TPSA) is 48.6 Å². The minimum atomic E-state index is 0. The largest absolute Gasteiger partial charge is 0.375 e. The molecule has 23 heavy (non-hydrogen) atoms. The van der Waals surface area contributed by atoms with Crippen molar-refractivity contribution in [1.29, 1.82) is 0 Å². The third-order valence-electron chi connectivity index (χ3n) is 5.22. The predicted molar refractivity (Wildman–Crippen MR) is 100 cm³/mol. The molecule has 132 valence electrons. The number of nitrogens with zero attached hydrogens (tertiary/aromatic N) is 4. The third kappa shape index (κ3) is 5.29. The fourth-order valence-electron chi connectivity index (χ4n) is 3.57. The second kappa shape index (κ2) is 8.12. The Morgan fingerprint density at radius 2 is 1.78 bits per heavy atom. The van der Waals surface area contributed by atoms with Crippen molar-refractivity contribution in [2.75, 3.05) is 58.6 Å². The van der Waals surface area contributed by atoms with Gasteiger partial charge >= 0.3 is 0 Å². The third-order valence-corrected chi connectivity index (χ3v) is 6.03. The molecule has 0 radical (unpaired) electrons. The quantitative estimate of drug-likeness (QED) is 0.891. The summed E-state index contributed by atoms with van der Waals surface area (Å²) in [5, 5.41) is 0.687. The van der Waals surface area contributed by atoms with E-state index in [0.29, 0.717) is 10.5 Å². The fraction of sp³-hybridized carbons (Fsp3) is 0.812. The number of aromatic nitrogens is 1. The summed E-state index contributed by atoms with van der Waals surface area (Å²) in [6.45, 7) is 12.1. The van der Waals surface area contributed by atoms with Crippen LogP contribution in [0, 0.1) is 5.41 Å². The number of anilines is 1. The van der Waals surface area contributed by atoms with Crippen molar-refractivity contribution in [3.8, 4) is 0 Å². The molecule has 1 aromatic rings. The maximum Gasteiger partial charge on any atom is 0.180 e. The van der Waals surface area contributed by atoms with Crippen LogP contribution in [0.4, 0.5) is 5.13 Å². The van der Waals surface area contributed by atoms with Crippen LogP contribution in [-0.2, 0) is 6.54 Å². The summed E-state index contributed by atoms with van der Waals surface area (Å²) >= 11 is 1.62. The van der Waals surface area contributed by atoms with E-state index in [9.17, 15) is 0 Å². The maximum atomic E-state index is 5.72. The number of thiazole rings is 1. The smallest absolute Gasteiger partial charge is 0.180 e. The van der Waals surface area contributed by atoms with E-state index in [1.54, 1.807) is 11.3 Å². The van der Waals surface area contributed by atoms with E-state index in [1.807, 2.05) is 6.20 Å². The van der Waals surface area contributed by atoms with Gasteiger partial charge in [0.15, 0.2) is 5.13 Å². The lowest BCUT2D eigenvalue weighted by Gasteiger charge is -2.44. The number of rotatable bonds is 4. The molecule has 2 aliphatic heterocycles. The lowest BCUT2D eigenvalue weighted by molar-refractivity contribution is 0.0521. The maximum absolute atomic E-state index is 5.72. The molecule has 2 fully saturated rings. The zero-order chi connectivity index (χ0) is 15.6. The van der Waals surface area contributed by atoms with Crippen LogP contribution in [0.2, 0.25) is 0 Å². The number of nitrogen functional groups attached to an aromatic ring is 1. The lowest BCUT2D eigenvalue weighted by Crippen LogP contribution is -2.50. The highest BCUT2D eigenvalue weighted by Gasteiger charge is 2.32. The van der Waals surface area contributed by atoms with E-state index in [4.69, 9.17) is 5.73 Å². The number of piperidine rings is 1. The molecule has 2 aliphatic rings. The Bertz CT molecular complexity index is 479. The number of piperazine rings is 1. The normalized spacial score (nSPS) is 23.6. The summed E-state index contributed by atoms with van der Waals surface area (Å²) in [6, 6.07) is 0. The molecule has 0 atom stereocenters. The van der Waals surface area contributed by atoms with Crippen LogP contribution in [0.3, 0.4) is 0 Å². The Labute approximate surface area is 150 Å². The first-order valence-electron chi connectivity index (χ1n) is 8.36. The summed E-state index contributed by atoms with van der Waals surface area (Å²) in [6.07, 6.45) is 4.53. The van der Waals surface area contributed by atoms with Crippen LogP contribution < -0.4 is 5.73 Å². The van der Waals surface area contributed by atoms with Gasteiger partial charge in [0.2, 0.25) is 0 Å². The van der Waals surface area contributed by atoms with Crippen molar-refractivity contribution < 1.29 is 0 Å². The summed E-state index contributed by atoms with van der Waals surface area (Å²) in [7, 11) is 2.23. The van der Waals surface area contributed by atoms with Gasteiger partial charge in [-0.1, -0.05) is 6.92 Å². The highest BCUT2D eigenvalue weighted by Crippen LogP contribution is 2.33. The van der Waals surface area contributed by atoms with Gasteiger partial charge < -0.3 is 15.5 Å². The van der Waals surface area contributed by atoms with Crippen molar-refractivity contribution >= 4 is 28.9 Å². The Balaban J connectivity index is 0.00000192. The molecule has 0 aromatic carbocycles. The number of nitrogens with two attached hydrogens (primary N) is 1. The van der Waals surface area contributed by atoms with E-state index in [0.717, 1.165) is 6.54 Å². The molecule has 3 heterocycles. The van der Waals surface area contributed by atoms with Crippen molar-refractivity contribution in [2.24, 2.45) is 5.41 Å². The van der Waals surface area contributed by atoms with Crippen molar-refractivity contribution in [2.45, 2.75) is 26.3 Å². The van der Waals surface area contributed by atoms with Crippen LogP contribution in [0.25, 0.3) is 0 Å². The average Bonchev–Trinajstić information content (AvgIpc) is 2.90. The van der Waals surface area contributed by atoms with Gasteiger partial charge in [-0.15, -0.1) is 23.7 Å². The van der Waals surface area contributed by atoms with Crippen LogP contribution in [0.1, 0.15) is 24.6 Å². The van der Waals surface area contributed by atoms with Crippen molar-refractivity contribution in [3.63, 3.8) is 0 Å². The van der Waals surface area contributed by atoms with Crippen LogP contribution in [-0.4, -0.2) is 72.5 Å². The summed E-state index contributed by atoms with van der Waals surface area (Å²) < 4.78 is 0. The molecule has 0 unspecified atom stereocenters. The molecule has 7 heteroatoms. The molecule has 0 aliphatic carbocycles. The first kappa shape index (κ1) is 18.9. The number of hydrogen-bond acceptors (Lipinski definition) is 6. The minimum absolute atomic E-state index is 0. The predicted octanol–water partition coefficient (Wildman–Crippen LogP) is 2.00. The fourth-order valence-corrected chi connectivity index (χ4v) is 4.30. The Morgan fingerprint density at radius 3 is 2.35 bits per heavy atom. The van der Waals surface area contributed by atoms with Crippen LogP contribution in [0.15, 0.2) is 6.20 Å². The second-order valence-corrected chi connectivity index (χ2v) is 8.48. The molecule has 0 saturated carbocycles. The molecule has 1 aromatic heterocycles.